The van der Waals surface area contributed by atoms with Crippen molar-refractivity contribution in [2.45, 2.75) is 44.3 Å². The van der Waals surface area contributed by atoms with Crippen molar-refractivity contribution in [1.29, 1.82) is 0 Å². The maximum atomic E-state index is 10.0. The summed E-state index contributed by atoms with van der Waals surface area (Å²) < 4.78 is 0. The zero-order chi connectivity index (χ0) is 17.7. The molecule has 3 nitrogen and oxygen atoms in total. The lowest BCUT2D eigenvalue weighted by molar-refractivity contribution is -0.00873. The van der Waals surface area contributed by atoms with Gasteiger partial charge in [-0.25, -0.2) is 0 Å². The van der Waals surface area contributed by atoms with Crippen LogP contribution in [0.4, 0.5) is 0 Å². The van der Waals surface area contributed by atoms with Gasteiger partial charge < -0.3 is 5.11 Å². The molecule has 3 heteroatoms. The molecule has 2 aromatic rings. The van der Waals surface area contributed by atoms with Crippen LogP contribution in [0.25, 0.3) is 0 Å². The highest BCUT2D eigenvalue weighted by Gasteiger charge is 2.53. The van der Waals surface area contributed by atoms with E-state index in [1.807, 2.05) is 12.1 Å². The van der Waals surface area contributed by atoms with Crippen molar-refractivity contribution in [2.24, 2.45) is 5.92 Å². The fourth-order valence-electron chi connectivity index (χ4n) is 5.78. The highest BCUT2D eigenvalue weighted by Crippen LogP contribution is 2.47. The first-order valence-electron chi connectivity index (χ1n) is 10.0. The third kappa shape index (κ3) is 2.65. The Morgan fingerprint density at radius 2 is 1.81 bits per heavy atom. The SMILES string of the molecule is Cc1ccccc1CN1C[C@@H](c2cccc(O)c2)[C@@H]2[C@H]1C1CCN2CC1. The molecule has 4 aliphatic heterocycles. The van der Waals surface area contributed by atoms with Crippen LogP contribution in [0.15, 0.2) is 48.5 Å². The molecule has 0 aromatic heterocycles. The second-order valence-electron chi connectivity index (χ2n) is 8.41. The quantitative estimate of drug-likeness (QED) is 0.915. The molecule has 3 atom stereocenters. The van der Waals surface area contributed by atoms with E-state index in [9.17, 15) is 5.11 Å². The number of phenolic OH excluding ortho intramolecular Hbond substituents is 1. The molecule has 0 saturated carbocycles. The van der Waals surface area contributed by atoms with Gasteiger partial charge in [0.15, 0.2) is 0 Å². The number of benzene rings is 2. The number of rotatable bonds is 3. The predicted octanol–water partition coefficient (Wildman–Crippen LogP) is 3.76. The largest absolute Gasteiger partial charge is 0.508 e. The topological polar surface area (TPSA) is 26.7 Å². The van der Waals surface area contributed by atoms with Crippen molar-refractivity contribution in [3.63, 3.8) is 0 Å². The van der Waals surface area contributed by atoms with Gasteiger partial charge in [0.05, 0.1) is 0 Å². The molecule has 6 rings (SSSR count). The molecule has 1 N–H and O–H groups in total. The summed E-state index contributed by atoms with van der Waals surface area (Å²) in [5.74, 6) is 1.72. The molecule has 0 unspecified atom stereocenters. The highest BCUT2D eigenvalue weighted by atomic mass is 16.3. The zero-order valence-corrected chi connectivity index (χ0v) is 15.5. The normalized spacial score (nSPS) is 33.3. The van der Waals surface area contributed by atoms with Gasteiger partial charge in [0.1, 0.15) is 5.75 Å². The van der Waals surface area contributed by atoms with E-state index in [4.69, 9.17) is 0 Å². The molecule has 4 fully saturated rings. The summed E-state index contributed by atoms with van der Waals surface area (Å²) in [6.07, 6.45) is 2.69. The molecule has 2 aromatic carbocycles. The number of nitrogens with zero attached hydrogens (tertiary/aromatic N) is 2. The summed E-state index contributed by atoms with van der Waals surface area (Å²) in [7, 11) is 0. The fraction of sp³-hybridized carbons (Fsp3) is 0.478. The monoisotopic (exact) mass is 348 g/mol. The van der Waals surface area contributed by atoms with Gasteiger partial charge in [-0.3, -0.25) is 9.80 Å². The Labute approximate surface area is 156 Å². The Morgan fingerprint density at radius 1 is 1.00 bits per heavy atom. The van der Waals surface area contributed by atoms with Gasteiger partial charge in [0, 0.05) is 31.1 Å². The van der Waals surface area contributed by atoms with Crippen molar-refractivity contribution in [3.05, 3.63) is 65.2 Å². The third-order valence-corrected chi connectivity index (χ3v) is 7.03. The molecule has 4 aliphatic rings. The van der Waals surface area contributed by atoms with Crippen molar-refractivity contribution >= 4 is 0 Å². The number of piperidine rings is 3. The maximum absolute atomic E-state index is 10.0. The predicted molar refractivity (Wildman–Crippen MR) is 104 cm³/mol. The van der Waals surface area contributed by atoms with Crippen molar-refractivity contribution < 1.29 is 5.11 Å². The van der Waals surface area contributed by atoms with Gasteiger partial charge in [-0.15, -0.1) is 0 Å². The van der Waals surface area contributed by atoms with E-state index in [0.717, 1.165) is 19.0 Å². The smallest absolute Gasteiger partial charge is 0.115 e. The van der Waals surface area contributed by atoms with Crippen molar-refractivity contribution in [2.75, 3.05) is 19.6 Å². The van der Waals surface area contributed by atoms with Crippen LogP contribution in [-0.2, 0) is 6.54 Å². The number of likely N-dealkylation sites (tertiary alicyclic amines) is 1. The number of fused-ring (bicyclic) bond motifs is 2. The van der Waals surface area contributed by atoms with Crippen LogP contribution in [0.3, 0.4) is 0 Å². The van der Waals surface area contributed by atoms with Crippen molar-refractivity contribution in [1.82, 2.24) is 9.80 Å². The molecular weight excluding hydrogens is 320 g/mol. The number of hydrogen-bond donors (Lipinski definition) is 1. The van der Waals surface area contributed by atoms with Crippen LogP contribution in [0.2, 0.25) is 0 Å². The average molecular weight is 348 g/mol. The second-order valence-corrected chi connectivity index (χ2v) is 8.41. The third-order valence-electron chi connectivity index (χ3n) is 7.03. The molecule has 0 amide bonds. The standard InChI is InChI=1S/C23H28N2O/c1-16-5-2-3-6-19(16)14-25-15-21(18-7-4-8-20(26)13-18)23-22(25)17-9-11-24(23)12-10-17/h2-8,13,17,21-23,26H,9-12,14-15H2,1H3/t21-,22+,23+/m0/s1. The van der Waals surface area contributed by atoms with E-state index in [2.05, 4.69) is 47.1 Å². The number of hydrogen-bond acceptors (Lipinski definition) is 3. The average Bonchev–Trinajstić information content (AvgIpc) is 3.06. The van der Waals surface area contributed by atoms with Gasteiger partial charge in [-0.05, 0) is 67.6 Å². The number of aryl methyl sites for hydroxylation is 1. The molecule has 2 bridgehead atoms. The van der Waals surface area contributed by atoms with Crippen LogP contribution >= 0.6 is 0 Å². The Morgan fingerprint density at radius 3 is 2.58 bits per heavy atom. The molecule has 136 valence electrons. The summed E-state index contributed by atoms with van der Waals surface area (Å²) in [5, 5.41) is 10.0. The summed E-state index contributed by atoms with van der Waals surface area (Å²) in [6, 6.07) is 18.1. The van der Waals surface area contributed by atoms with Crippen molar-refractivity contribution in [3.8, 4) is 5.75 Å². The highest BCUT2D eigenvalue weighted by molar-refractivity contribution is 5.34. The van der Waals surface area contributed by atoms with E-state index >= 15 is 0 Å². The lowest BCUT2D eigenvalue weighted by Gasteiger charge is -2.51. The van der Waals surface area contributed by atoms with Crippen LogP contribution < -0.4 is 0 Å². The maximum Gasteiger partial charge on any atom is 0.115 e. The minimum atomic E-state index is 0.396. The molecule has 4 saturated heterocycles. The van der Waals surface area contributed by atoms with Crippen LogP contribution in [0.1, 0.15) is 35.4 Å². The van der Waals surface area contributed by atoms with Gasteiger partial charge in [-0.2, -0.15) is 0 Å². The Balaban J connectivity index is 1.49. The summed E-state index contributed by atoms with van der Waals surface area (Å²) in [5.41, 5.74) is 4.16. The van der Waals surface area contributed by atoms with E-state index in [0.29, 0.717) is 23.8 Å². The summed E-state index contributed by atoms with van der Waals surface area (Å²) in [6.45, 7) is 6.87. The first-order chi connectivity index (χ1) is 12.7. The Hall–Kier alpha value is -1.84. The molecule has 0 spiro atoms. The van der Waals surface area contributed by atoms with Gasteiger partial charge in [-0.1, -0.05) is 36.4 Å². The molecule has 26 heavy (non-hydrogen) atoms. The lowest BCUT2D eigenvalue weighted by Crippen LogP contribution is -2.60. The van der Waals surface area contributed by atoms with Gasteiger partial charge >= 0.3 is 0 Å². The Kier molecular flexibility index (Phi) is 4.02. The molecule has 4 heterocycles. The lowest BCUT2D eigenvalue weighted by atomic mass is 9.75. The van der Waals surface area contributed by atoms with E-state index in [1.165, 1.54) is 42.6 Å². The van der Waals surface area contributed by atoms with Crippen LogP contribution in [-0.4, -0.2) is 46.6 Å². The summed E-state index contributed by atoms with van der Waals surface area (Å²) in [4.78, 5) is 5.48. The number of phenols is 1. The van der Waals surface area contributed by atoms with Crippen LogP contribution in [0.5, 0.6) is 5.75 Å². The zero-order valence-electron chi connectivity index (χ0n) is 15.5. The minimum Gasteiger partial charge on any atom is -0.508 e. The van der Waals surface area contributed by atoms with Gasteiger partial charge in [0.2, 0.25) is 0 Å². The molecule has 0 aliphatic carbocycles. The van der Waals surface area contributed by atoms with Crippen LogP contribution in [0, 0.1) is 12.8 Å². The second kappa shape index (κ2) is 6.40. The van der Waals surface area contributed by atoms with E-state index in [1.54, 1.807) is 6.07 Å². The Bertz CT molecular complexity index is 796. The minimum absolute atomic E-state index is 0.396. The molecule has 0 radical (unpaired) electrons. The molecular formula is C23H28N2O. The van der Waals surface area contributed by atoms with E-state index in [-0.39, 0.29) is 0 Å². The van der Waals surface area contributed by atoms with Gasteiger partial charge in [0.25, 0.3) is 0 Å². The first kappa shape index (κ1) is 16.3. The summed E-state index contributed by atoms with van der Waals surface area (Å²) >= 11 is 0. The van der Waals surface area contributed by atoms with E-state index < -0.39 is 0 Å². The fourth-order valence-corrected chi connectivity index (χ4v) is 5.78. The number of aromatic hydroxyl groups is 1. The first-order valence-corrected chi connectivity index (χ1v) is 10.0.